The number of alkyl carbamates (subject to hydrolysis) is 1. The zero-order valence-corrected chi connectivity index (χ0v) is 14.1. The van der Waals surface area contributed by atoms with Crippen molar-refractivity contribution < 1.29 is 27.5 Å². The van der Waals surface area contributed by atoms with Crippen LogP contribution in [0.1, 0.15) is 20.8 Å². The Morgan fingerprint density at radius 1 is 1.16 bits per heavy atom. The molecule has 0 bridgehead atoms. The third-order valence-corrected chi connectivity index (χ3v) is 3.33. The maximum atomic E-state index is 13.3. The molecular formula is C16H20F3N3O3. The molecular weight excluding hydrogens is 339 g/mol. The molecule has 9 heteroatoms. The van der Waals surface area contributed by atoms with Crippen molar-refractivity contribution in [2.75, 3.05) is 18.0 Å². The zero-order chi connectivity index (χ0) is 18.8. The molecule has 1 aliphatic heterocycles. The van der Waals surface area contributed by atoms with Gasteiger partial charge in [0.15, 0.2) is 0 Å². The van der Waals surface area contributed by atoms with E-state index in [-0.39, 0.29) is 23.7 Å². The first-order valence-corrected chi connectivity index (χ1v) is 7.68. The Hall–Kier alpha value is -2.45. The van der Waals surface area contributed by atoms with Gasteiger partial charge in [-0.25, -0.2) is 14.5 Å². The summed E-state index contributed by atoms with van der Waals surface area (Å²) in [4.78, 5) is 24.7. The van der Waals surface area contributed by atoms with Crippen LogP contribution in [0.15, 0.2) is 30.3 Å². The number of para-hydroxylation sites is 1. The van der Waals surface area contributed by atoms with Gasteiger partial charge in [0.25, 0.3) is 0 Å². The lowest BCUT2D eigenvalue weighted by Crippen LogP contribution is -2.65. The predicted octanol–water partition coefficient (Wildman–Crippen LogP) is 3.34. The number of benzene rings is 1. The minimum absolute atomic E-state index is 0.0164. The maximum Gasteiger partial charge on any atom is 0.493 e. The zero-order valence-electron chi connectivity index (χ0n) is 14.1. The molecule has 138 valence electrons. The Morgan fingerprint density at radius 2 is 1.72 bits per heavy atom. The normalized spacial score (nSPS) is 15.4. The fraction of sp³-hybridized carbons (Fsp3) is 0.500. The van der Waals surface area contributed by atoms with E-state index in [4.69, 9.17) is 4.74 Å². The van der Waals surface area contributed by atoms with Crippen LogP contribution >= 0.6 is 0 Å². The standard InChI is InChI=1S/C16H20F3N3O3/c1-15(2,3)25-13(23)20-11-9-21(10-11)14(24)22(16(17,18)19)12-7-5-4-6-8-12/h4-8,11H,9-10H2,1-3H3,(H,20,23). The van der Waals surface area contributed by atoms with Crippen molar-refractivity contribution in [1.82, 2.24) is 10.2 Å². The van der Waals surface area contributed by atoms with Crippen LogP contribution in [0.3, 0.4) is 0 Å². The van der Waals surface area contributed by atoms with E-state index in [9.17, 15) is 22.8 Å². The van der Waals surface area contributed by atoms with Gasteiger partial charge in [0.05, 0.1) is 11.7 Å². The van der Waals surface area contributed by atoms with Crippen molar-refractivity contribution in [3.8, 4) is 0 Å². The Balaban J connectivity index is 1.96. The second kappa shape index (κ2) is 6.81. The van der Waals surface area contributed by atoms with Crippen LogP contribution in [0.25, 0.3) is 0 Å². The van der Waals surface area contributed by atoms with Crippen molar-refractivity contribution in [2.45, 2.75) is 38.7 Å². The fourth-order valence-electron chi connectivity index (χ4n) is 2.28. The van der Waals surface area contributed by atoms with Crippen molar-refractivity contribution in [3.63, 3.8) is 0 Å². The summed E-state index contributed by atoms with van der Waals surface area (Å²) in [6, 6.07) is 5.20. The van der Waals surface area contributed by atoms with Gasteiger partial charge in [0, 0.05) is 13.1 Å². The maximum absolute atomic E-state index is 13.3. The molecule has 1 heterocycles. The molecule has 2 rings (SSSR count). The molecule has 1 aromatic rings. The molecule has 0 radical (unpaired) electrons. The van der Waals surface area contributed by atoms with Crippen LogP contribution in [0.5, 0.6) is 0 Å². The van der Waals surface area contributed by atoms with Gasteiger partial charge in [-0.2, -0.15) is 0 Å². The van der Waals surface area contributed by atoms with E-state index in [1.807, 2.05) is 0 Å². The monoisotopic (exact) mass is 359 g/mol. The number of rotatable bonds is 2. The lowest BCUT2D eigenvalue weighted by atomic mass is 10.1. The van der Waals surface area contributed by atoms with Crippen LogP contribution in [0.2, 0.25) is 0 Å². The number of nitrogens with zero attached hydrogens (tertiary/aromatic N) is 2. The molecule has 1 fully saturated rings. The minimum Gasteiger partial charge on any atom is -0.444 e. The van der Waals surface area contributed by atoms with E-state index in [2.05, 4.69) is 5.32 Å². The SMILES string of the molecule is CC(C)(C)OC(=O)NC1CN(C(=O)N(c2ccccc2)C(F)(F)F)C1. The van der Waals surface area contributed by atoms with Crippen molar-refractivity contribution in [1.29, 1.82) is 0 Å². The average Bonchev–Trinajstić information content (AvgIpc) is 2.40. The lowest BCUT2D eigenvalue weighted by molar-refractivity contribution is -0.123. The number of hydrogen-bond donors (Lipinski definition) is 1. The first-order chi connectivity index (χ1) is 11.5. The predicted molar refractivity (Wildman–Crippen MR) is 85.1 cm³/mol. The number of carbonyl (C=O) groups is 2. The van der Waals surface area contributed by atoms with Gasteiger partial charge in [-0.15, -0.1) is 13.2 Å². The highest BCUT2D eigenvalue weighted by Gasteiger charge is 2.46. The van der Waals surface area contributed by atoms with Crippen molar-refractivity contribution in [3.05, 3.63) is 30.3 Å². The van der Waals surface area contributed by atoms with Gasteiger partial charge < -0.3 is 15.0 Å². The third kappa shape index (κ3) is 5.01. The smallest absolute Gasteiger partial charge is 0.444 e. The highest BCUT2D eigenvalue weighted by Crippen LogP contribution is 2.30. The quantitative estimate of drug-likeness (QED) is 0.824. The summed E-state index contributed by atoms with van der Waals surface area (Å²) in [5, 5.41) is 2.52. The summed E-state index contributed by atoms with van der Waals surface area (Å²) in [5.41, 5.74) is -0.937. The first-order valence-electron chi connectivity index (χ1n) is 7.68. The lowest BCUT2D eigenvalue weighted by Gasteiger charge is -2.42. The summed E-state index contributed by atoms with van der Waals surface area (Å²) in [6.45, 7) is 5.06. The van der Waals surface area contributed by atoms with Gasteiger partial charge >= 0.3 is 18.4 Å². The number of alkyl halides is 3. The van der Waals surface area contributed by atoms with E-state index in [0.29, 0.717) is 0 Å². The third-order valence-electron chi connectivity index (χ3n) is 3.33. The van der Waals surface area contributed by atoms with E-state index in [0.717, 1.165) is 4.90 Å². The Labute approximate surface area is 143 Å². The molecule has 6 nitrogen and oxygen atoms in total. The highest BCUT2D eigenvalue weighted by atomic mass is 19.4. The van der Waals surface area contributed by atoms with Gasteiger partial charge in [0.2, 0.25) is 0 Å². The number of nitrogens with one attached hydrogen (secondary N) is 1. The second-order valence-electron chi connectivity index (χ2n) is 6.67. The summed E-state index contributed by atoms with van der Waals surface area (Å²) < 4.78 is 44.8. The number of ether oxygens (including phenoxy) is 1. The van der Waals surface area contributed by atoms with Crippen molar-refractivity contribution in [2.24, 2.45) is 0 Å². The molecule has 3 amide bonds. The Bertz CT molecular complexity index is 623. The summed E-state index contributed by atoms with van der Waals surface area (Å²) in [5.74, 6) is 0. The molecule has 1 saturated heterocycles. The molecule has 0 saturated carbocycles. The fourth-order valence-corrected chi connectivity index (χ4v) is 2.28. The summed E-state index contributed by atoms with van der Waals surface area (Å²) in [7, 11) is 0. The molecule has 0 aromatic heterocycles. The number of urea groups is 1. The highest BCUT2D eigenvalue weighted by molar-refractivity contribution is 5.93. The van der Waals surface area contributed by atoms with Crippen LogP contribution in [0.4, 0.5) is 28.4 Å². The van der Waals surface area contributed by atoms with Gasteiger partial charge in [-0.05, 0) is 32.9 Å². The number of amides is 3. The van der Waals surface area contributed by atoms with E-state index in [1.165, 1.54) is 24.3 Å². The van der Waals surface area contributed by atoms with E-state index < -0.39 is 30.1 Å². The topological polar surface area (TPSA) is 61.9 Å². The van der Waals surface area contributed by atoms with Gasteiger partial charge in [-0.3, -0.25) is 0 Å². The number of halogens is 3. The molecule has 25 heavy (non-hydrogen) atoms. The molecule has 1 aliphatic rings. The first kappa shape index (κ1) is 18.9. The average molecular weight is 359 g/mol. The minimum atomic E-state index is -4.85. The van der Waals surface area contributed by atoms with Crippen LogP contribution in [-0.4, -0.2) is 48.1 Å². The molecule has 0 aliphatic carbocycles. The molecule has 0 spiro atoms. The van der Waals surface area contributed by atoms with E-state index >= 15 is 0 Å². The van der Waals surface area contributed by atoms with E-state index in [1.54, 1.807) is 26.8 Å². The number of likely N-dealkylation sites (tertiary alicyclic amines) is 1. The largest absolute Gasteiger partial charge is 0.493 e. The van der Waals surface area contributed by atoms with Crippen LogP contribution in [0, 0.1) is 0 Å². The van der Waals surface area contributed by atoms with Gasteiger partial charge in [0.1, 0.15) is 5.60 Å². The second-order valence-corrected chi connectivity index (χ2v) is 6.67. The van der Waals surface area contributed by atoms with Crippen molar-refractivity contribution >= 4 is 17.8 Å². The molecule has 1 aromatic carbocycles. The number of anilines is 1. The Morgan fingerprint density at radius 3 is 2.20 bits per heavy atom. The molecule has 0 unspecified atom stereocenters. The summed E-state index contributed by atoms with van der Waals surface area (Å²) >= 11 is 0. The molecule has 0 atom stereocenters. The van der Waals surface area contributed by atoms with Gasteiger partial charge in [-0.1, -0.05) is 18.2 Å². The number of carbonyl (C=O) groups excluding carboxylic acids is 2. The molecule has 1 N–H and O–H groups in total. The Kier molecular flexibility index (Phi) is 5.15. The van der Waals surface area contributed by atoms with Crippen LogP contribution in [-0.2, 0) is 4.74 Å². The number of hydrogen-bond acceptors (Lipinski definition) is 3. The summed E-state index contributed by atoms with van der Waals surface area (Å²) in [6.07, 6.45) is -5.51. The van der Waals surface area contributed by atoms with Crippen LogP contribution < -0.4 is 10.2 Å².